The van der Waals surface area contributed by atoms with Crippen LogP contribution < -0.4 is 22.1 Å². The van der Waals surface area contributed by atoms with Crippen LogP contribution in [0.15, 0.2) is 0 Å². The first-order valence-electron chi connectivity index (χ1n) is 25.3. The van der Waals surface area contributed by atoms with E-state index in [1.165, 1.54) is 9.88 Å². The maximum atomic E-state index is 12.0. The molecule has 0 bridgehead atoms. The van der Waals surface area contributed by atoms with Gasteiger partial charge in [0.15, 0.2) is 27.4 Å². The Hall–Kier alpha value is -2.12. The molecule has 0 amide bonds. The third-order valence-electron chi connectivity index (χ3n) is 11.3. The van der Waals surface area contributed by atoms with Gasteiger partial charge in [0.05, 0.1) is 65.1 Å². The molecule has 572 valence electrons. The minimum Gasteiger partial charge on any atom is -0.389 e. The molecule has 4 fully saturated rings. The van der Waals surface area contributed by atoms with Gasteiger partial charge >= 0.3 is 37.0 Å². The maximum absolute atomic E-state index is 12.0. The highest BCUT2D eigenvalue weighted by atomic mass is 19.4. The molecule has 4 rings (SSSR count). The molecule has 0 aromatic heterocycles. The van der Waals surface area contributed by atoms with Crippen molar-refractivity contribution in [1.29, 1.82) is 0 Å². The zero-order chi connectivity index (χ0) is 65.3. The first-order valence-corrected chi connectivity index (χ1v) is 25.3. The third kappa shape index (κ3) is 53.0. The molecular formula is C54H112F20N4O14. The molecule has 92 heavy (non-hydrogen) atoms. The lowest BCUT2D eigenvalue weighted by atomic mass is 9.63. The number of halogens is 20. The molecule has 2 aliphatic heterocycles. The molecule has 0 aromatic rings. The Morgan fingerprint density at radius 2 is 0.772 bits per heavy atom. The molecule has 0 radical (unpaired) electrons. The van der Waals surface area contributed by atoms with Crippen molar-refractivity contribution in [1.82, 2.24) is 10.6 Å². The van der Waals surface area contributed by atoms with E-state index in [1.807, 2.05) is 0 Å². The fourth-order valence-corrected chi connectivity index (χ4v) is 8.82. The van der Waals surface area contributed by atoms with Crippen LogP contribution in [0.3, 0.4) is 0 Å². The smallest absolute Gasteiger partial charge is 0.389 e. The van der Waals surface area contributed by atoms with Crippen molar-refractivity contribution in [2.24, 2.45) is 33.1 Å². The number of alkyl halides is 18. The number of rotatable bonds is 34. The van der Waals surface area contributed by atoms with Crippen LogP contribution in [0.25, 0.3) is 0 Å². The molecule has 4 aliphatic rings. The van der Waals surface area contributed by atoms with Crippen molar-refractivity contribution in [3.63, 3.8) is 0 Å². The first-order chi connectivity index (χ1) is 38.5. The number of hydrogen-bond acceptors (Lipinski definition) is 18. The van der Waals surface area contributed by atoms with Gasteiger partial charge in [0.1, 0.15) is 25.6 Å². The van der Waals surface area contributed by atoms with E-state index in [0.29, 0.717) is 26.3 Å². The average Bonchev–Trinajstić information content (AvgIpc) is 1.85. The Labute approximate surface area is 531 Å². The Morgan fingerprint density at radius 3 is 1.04 bits per heavy atom. The summed E-state index contributed by atoms with van der Waals surface area (Å²) < 4.78 is 270. The lowest BCUT2D eigenvalue weighted by Crippen LogP contribution is -2.48. The summed E-state index contributed by atoms with van der Waals surface area (Å²) in [5, 5.41) is 25.8. The second-order valence-electron chi connectivity index (χ2n) is 21.5. The van der Waals surface area contributed by atoms with E-state index in [-0.39, 0.29) is 132 Å². The van der Waals surface area contributed by atoms with Crippen molar-refractivity contribution in [3.8, 4) is 0 Å². The Kier molecular flexibility index (Phi) is 64.0. The number of epoxide rings is 2. The van der Waals surface area contributed by atoms with Crippen LogP contribution in [0, 0.1) is 21.7 Å². The van der Waals surface area contributed by atoms with E-state index in [1.54, 1.807) is 0 Å². The first kappa shape index (κ1) is 111. The summed E-state index contributed by atoms with van der Waals surface area (Å²) in [5.41, 5.74) is 13.2. The van der Waals surface area contributed by atoms with Crippen molar-refractivity contribution in [2.75, 3.05) is 120 Å². The number of aliphatic hydroxyl groups is 2. The minimum absolute atomic E-state index is 0. The van der Waals surface area contributed by atoms with E-state index in [2.05, 4.69) is 80.6 Å². The lowest BCUT2D eigenvalue weighted by molar-refractivity contribution is -0.548. The van der Waals surface area contributed by atoms with E-state index < -0.39 is 90.0 Å². The number of ether oxygens (including phenoxy) is 10. The molecule has 18 nitrogen and oxygen atoms in total. The molecule has 8 N–H and O–H groups in total. The molecular weight excluding hydrogens is 1310 g/mol. The summed E-state index contributed by atoms with van der Waals surface area (Å²) in [6, 6.07) is 0.499. The summed E-state index contributed by atoms with van der Waals surface area (Å²) in [5.74, 6) is 0. The SMILES string of the molecule is C.C.C.C.C.C.C.C.CC1(C)CC(N)CC(C)(CNCC(O)COCCF)C1.CC1(C)CC(N)CC(C)(CNCC(O)COCF)C1.FCCOCC1CO1.FCOC(F)(F)OC(F)(F)C(F)(F)OF.FCOC(F)(F)OC(F)(F)C(F)(F)OF.FCOCC1CO1. The third-order valence-corrected chi connectivity index (χ3v) is 11.3. The highest BCUT2D eigenvalue weighted by Gasteiger charge is 2.67. The normalized spacial score (nSPS) is 22.5. The van der Waals surface area contributed by atoms with Crippen molar-refractivity contribution < 1.29 is 156 Å². The Morgan fingerprint density at radius 1 is 0.467 bits per heavy atom. The van der Waals surface area contributed by atoms with Gasteiger partial charge < -0.3 is 60.7 Å². The van der Waals surface area contributed by atoms with Gasteiger partial charge in [0.25, 0.3) is 0 Å². The molecule has 2 saturated heterocycles. The van der Waals surface area contributed by atoms with Crippen molar-refractivity contribution >= 4 is 0 Å². The monoisotopic (exact) mass is 1420 g/mol. The average molecular weight is 1420 g/mol. The molecule has 0 spiro atoms. The quantitative estimate of drug-likeness (QED) is 0.0152. The summed E-state index contributed by atoms with van der Waals surface area (Å²) in [6.07, 6.45) is -29.1. The van der Waals surface area contributed by atoms with Crippen molar-refractivity contribution in [3.05, 3.63) is 0 Å². The van der Waals surface area contributed by atoms with Crippen LogP contribution in [0.4, 0.5) is 88.1 Å². The minimum atomic E-state index is -6.04. The van der Waals surface area contributed by atoms with Gasteiger partial charge in [-0.2, -0.15) is 35.1 Å². The number of aliphatic hydroxyl groups excluding tert-OH is 2. The van der Waals surface area contributed by atoms with Gasteiger partial charge in [-0.15, -0.1) is 27.4 Å². The highest BCUT2D eigenvalue weighted by molar-refractivity contribution is 4.95. The molecule has 2 aliphatic carbocycles. The zero-order valence-electron chi connectivity index (χ0n) is 46.9. The maximum Gasteiger partial charge on any atom is 0.492 e. The van der Waals surface area contributed by atoms with Crippen LogP contribution in [0.2, 0.25) is 0 Å². The van der Waals surface area contributed by atoms with E-state index >= 15 is 0 Å². The molecule has 2 saturated carbocycles. The molecule has 38 heteroatoms. The van der Waals surface area contributed by atoms with Crippen LogP contribution >= 0.6 is 0 Å². The molecule has 0 aromatic carbocycles. The van der Waals surface area contributed by atoms with Crippen LogP contribution in [0.1, 0.15) is 139 Å². The highest BCUT2D eigenvalue weighted by Crippen LogP contribution is 2.47. The van der Waals surface area contributed by atoms with Gasteiger partial charge in [-0.25, -0.2) is 35.8 Å². The second-order valence-corrected chi connectivity index (χ2v) is 21.5. The Bertz CT molecular complexity index is 1650. The van der Waals surface area contributed by atoms with E-state index in [0.717, 1.165) is 64.8 Å². The fourth-order valence-electron chi connectivity index (χ4n) is 8.82. The fraction of sp³-hybridized carbons (Fsp3) is 1.00. The van der Waals surface area contributed by atoms with Crippen LogP contribution in [0.5, 0.6) is 0 Å². The second kappa shape index (κ2) is 52.9. The van der Waals surface area contributed by atoms with Crippen molar-refractivity contribution in [2.45, 2.75) is 213 Å². The van der Waals surface area contributed by atoms with Gasteiger partial charge in [-0.3, -0.25) is 9.47 Å². The number of hydrogen-bond donors (Lipinski definition) is 6. The molecule has 8 unspecified atom stereocenters. The van der Waals surface area contributed by atoms with Gasteiger partial charge in [-0.1, -0.05) is 101 Å². The standard InChI is InChI=1S/C15H31FN2O2.C14H29FN2O2.C5H9FO2.2C4H2F8O3.C4H7FO2.8CH4/c1-14(2)6-12(17)7-15(3,10-14)11-18-8-13(19)9-20-5-4-16;1-13(2)4-11(16)5-14(3,8-13)9-17-6-12(18)7-19-10-15;6-1-2-7-3-5-4-8-5;2*5-1-13-4(10,11)14-2(6,7)3(8,9)15-12;5-3-6-1-4-2-7-4;;;;;;;;/h12-13,18-19H,4-11,17H2,1-3H3;11-12,17-18H,4-10,16H2,1-3H3;5H,1-4H2;2*1H2;4H,1-3H2;8*1H4. The lowest BCUT2D eigenvalue weighted by Gasteiger charge is -2.46. The molecule has 8 atom stereocenters. The van der Waals surface area contributed by atoms with Gasteiger partial charge in [0, 0.05) is 38.3 Å². The number of nitrogens with one attached hydrogen (secondary N) is 2. The Balaban J connectivity index is -0.000000111. The summed E-state index contributed by atoms with van der Waals surface area (Å²) in [4.78, 5) is 2.87. The summed E-state index contributed by atoms with van der Waals surface area (Å²) in [7, 11) is 0. The van der Waals surface area contributed by atoms with Gasteiger partial charge in [-0.05, 0) is 69.2 Å². The van der Waals surface area contributed by atoms with E-state index in [4.69, 9.17) is 30.4 Å². The zero-order valence-corrected chi connectivity index (χ0v) is 46.9. The van der Waals surface area contributed by atoms with E-state index in [9.17, 15) is 98.3 Å². The molecule has 2 heterocycles. The summed E-state index contributed by atoms with van der Waals surface area (Å²) in [6.45, 7) is 12.0. The topological polar surface area (TPSA) is 234 Å². The number of nitrogens with two attached hydrogens (primary N) is 2. The van der Waals surface area contributed by atoms with Crippen LogP contribution in [-0.4, -0.2) is 204 Å². The van der Waals surface area contributed by atoms with Crippen LogP contribution in [-0.2, 0) is 57.3 Å². The van der Waals surface area contributed by atoms with Gasteiger partial charge in [0.2, 0.25) is 0 Å². The predicted molar refractivity (Wildman–Crippen MR) is 306 cm³/mol. The summed E-state index contributed by atoms with van der Waals surface area (Å²) >= 11 is 0. The largest absolute Gasteiger partial charge is 0.492 e. The predicted octanol–water partition coefficient (Wildman–Crippen LogP) is 13.8.